The molecule has 1 aliphatic carbocycles. The first-order valence-corrected chi connectivity index (χ1v) is 6.32. The second-order valence-electron chi connectivity index (χ2n) is 5.04. The van der Waals surface area contributed by atoms with Crippen molar-refractivity contribution in [2.75, 3.05) is 20.1 Å². The molecule has 1 amide bonds. The molecular weight excluding hydrogens is 220 g/mol. The van der Waals surface area contributed by atoms with Crippen LogP contribution in [0.3, 0.4) is 0 Å². The number of hydrogen-bond acceptors (Lipinski definition) is 3. The number of likely N-dealkylation sites (tertiary alicyclic amines) is 1. The fourth-order valence-electron chi connectivity index (χ4n) is 3.25. The fraction of sp³-hybridized carbons (Fsp3) is 0.833. The van der Waals surface area contributed by atoms with E-state index in [1.54, 1.807) is 11.9 Å². The summed E-state index contributed by atoms with van der Waals surface area (Å²) in [6, 6.07) is -0.577. The molecule has 2 fully saturated rings. The normalized spacial score (nSPS) is 31.6. The summed E-state index contributed by atoms with van der Waals surface area (Å²) in [5, 5.41) is 12.2. The van der Waals surface area contributed by atoms with E-state index in [1.807, 2.05) is 0 Å². The van der Waals surface area contributed by atoms with Crippen molar-refractivity contribution in [2.24, 2.45) is 11.8 Å². The molecule has 2 rings (SSSR count). The highest BCUT2D eigenvalue weighted by atomic mass is 16.4. The van der Waals surface area contributed by atoms with Crippen LogP contribution in [0.5, 0.6) is 0 Å². The van der Waals surface area contributed by atoms with E-state index in [4.69, 9.17) is 0 Å². The molecule has 17 heavy (non-hydrogen) atoms. The number of aliphatic carboxylic acids is 1. The van der Waals surface area contributed by atoms with Crippen molar-refractivity contribution in [3.8, 4) is 0 Å². The number of hydrogen-bond donors (Lipinski definition) is 2. The van der Waals surface area contributed by atoms with E-state index in [2.05, 4.69) is 5.32 Å². The smallest absolute Gasteiger partial charge is 0.326 e. The van der Waals surface area contributed by atoms with Crippen molar-refractivity contribution >= 4 is 11.9 Å². The predicted molar refractivity (Wildman–Crippen MR) is 62.5 cm³/mol. The third kappa shape index (κ3) is 2.29. The summed E-state index contributed by atoms with van der Waals surface area (Å²) in [6.07, 6.45) is 3.53. The van der Waals surface area contributed by atoms with Crippen LogP contribution in [0.15, 0.2) is 0 Å². The van der Waals surface area contributed by atoms with Crippen LogP contribution >= 0.6 is 0 Å². The number of nitrogens with one attached hydrogen (secondary N) is 1. The van der Waals surface area contributed by atoms with Crippen molar-refractivity contribution < 1.29 is 14.7 Å². The number of fused-ring (bicyclic) bond motifs is 1. The molecule has 0 aromatic heterocycles. The number of nitrogens with zero attached hydrogens (tertiary/aromatic N) is 1. The zero-order valence-electron chi connectivity index (χ0n) is 10.2. The zero-order valence-corrected chi connectivity index (χ0v) is 10.2. The molecular formula is C12H20N2O3. The van der Waals surface area contributed by atoms with E-state index in [9.17, 15) is 14.7 Å². The number of carbonyl (C=O) groups is 2. The highest BCUT2D eigenvalue weighted by Gasteiger charge is 2.49. The Balaban J connectivity index is 2.06. The molecule has 0 aromatic rings. The van der Waals surface area contributed by atoms with Crippen LogP contribution in [0, 0.1) is 11.8 Å². The largest absolute Gasteiger partial charge is 0.480 e. The van der Waals surface area contributed by atoms with Crippen LogP contribution in [0.2, 0.25) is 0 Å². The molecule has 1 saturated carbocycles. The minimum Gasteiger partial charge on any atom is -0.480 e. The third-order valence-electron chi connectivity index (χ3n) is 4.05. The SMILES string of the molecule is CNCCC(=O)N1CC2CCCC2C1C(=O)O. The summed E-state index contributed by atoms with van der Waals surface area (Å²) < 4.78 is 0. The van der Waals surface area contributed by atoms with E-state index < -0.39 is 12.0 Å². The quantitative estimate of drug-likeness (QED) is 0.742. The Bertz CT molecular complexity index is 319. The Kier molecular flexibility index (Phi) is 3.66. The van der Waals surface area contributed by atoms with Crippen LogP contribution in [-0.4, -0.2) is 48.1 Å². The van der Waals surface area contributed by atoms with Gasteiger partial charge in [-0.05, 0) is 31.7 Å². The van der Waals surface area contributed by atoms with Crippen LogP contribution in [0.25, 0.3) is 0 Å². The molecule has 0 spiro atoms. The van der Waals surface area contributed by atoms with E-state index in [1.165, 1.54) is 0 Å². The number of carboxylic acids is 1. The van der Waals surface area contributed by atoms with E-state index in [0.717, 1.165) is 19.3 Å². The van der Waals surface area contributed by atoms with Gasteiger partial charge in [-0.25, -0.2) is 4.79 Å². The highest BCUT2D eigenvalue weighted by Crippen LogP contribution is 2.42. The maximum absolute atomic E-state index is 12.0. The first-order chi connectivity index (χ1) is 8.15. The first-order valence-electron chi connectivity index (χ1n) is 6.32. The molecule has 2 aliphatic rings. The molecule has 1 aliphatic heterocycles. The standard InChI is InChI=1S/C12H20N2O3/c1-13-6-5-10(15)14-7-8-3-2-4-9(8)11(14)12(16)17/h8-9,11,13H,2-7H2,1H3,(H,16,17). The molecule has 5 heteroatoms. The van der Waals surface area contributed by atoms with Crippen LogP contribution in [0.4, 0.5) is 0 Å². The molecule has 1 saturated heterocycles. The van der Waals surface area contributed by atoms with Gasteiger partial charge in [0.1, 0.15) is 6.04 Å². The van der Waals surface area contributed by atoms with Gasteiger partial charge in [-0.3, -0.25) is 4.79 Å². The molecule has 3 atom stereocenters. The van der Waals surface area contributed by atoms with Crippen molar-refractivity contribution in [2.45, 2.75) is 31.7 Å². The Labute approximate surface area is 101 Å². The Morgan fingerprint density at radius 2 is 2.18 bits per heavy atom. The molecule has 96 valence electrons. The zero-order chi connectivity index (χ0) is 12.4. The van der Waals surface area contributed by atoms with Crippen molar-refractivity contribution in [1.29, 1.82) is 0 Å². The average molecular weight is 240 g/mol. The lowest BCUT2D eigenvalue weighted by Crippen LogP contribution is -2.43. The number of carboxylic acid groups (broad SMARTS) is 1. The van der Waals surface area contributed by atoms with Gasteiger partial charge in [-0.1, -0.05) is 6.42 Å². The Hall–Kier alpha value is -1.10. The average Bonchev–Trinajstić information content (AvgIpc) is 2.83. The number of rotatable bonds is 4. The molecule has 0 bridgehead atoms. The van der Waals surface area contributed by atoms with E-state index in [0.29, 0.717) is 25.4 Å². The van der Waals surface area contributed by atoms with Gasteiger partial charge in [-0.15, -0.1) is 0 Å². The lowest BCUT2D eigenvalue weighted by atomic mass is 9.94. The summed E-state index contributed by atoms with van der Waals surface area (Å²) in [6.45, 7) is 1.25. The van der Waals surface area contributed by atoms with Gasteiger partial charge in [0.15, 0.2) is 0 Å². The highest BCUT2D eigenvalue weighted by molar-refractivity contribution is 5.84. The lowest BCUT2D eigenvalue weighted by Gasteiger charge is -2.24. The maximum Gasteiger partial charge on any atom is 0.326 e. The monoisotopic (exact) mass is 240 g/mol. The van der Waals surface area contributed by atoms with Gasteiger partial charge < -0.3 is 15.3 Å². The predicted octanol–water partition coefficient (Wildman–Crippen LogP) is 0.308. The molecule has 0 radical (unpaired) electrons. The van der Waals surface area contributed by atoms with E-state index in [-0.39, 0.29) is 11.8 Å². The van der Waals surface area contributed by atoms with Crippen LogP contribution in [0.1, 0.15) is 25.7 Å². The molecule has 0 aromatic carbocycles. The number of carbonyl (C=O) groups excluding carboxylic acids is 1. The summed E-state index contributed by atoms with van der Waals surface area (Å²) in [4.78, 5) is 24.9. The van der Waals surface area contributed by atoms with E-state index >= 15 is 0 Å². The van der Waals surface area contributed by atoms with Gasteiger partial charge >= 0.3 is 5.97 Å². The topological polar surface area (TPSA) is 69.6 Å². The molecule has 3 unspecified atom stereocenters. The minimum absolute atomic E-state index is 0.0267. The summed E-state index contributed by atoms with van der Waals surface area (Å²) >= 11 is 0. The molecule has 5 nitrogen and oxygen atoms in total. The molecule has 2 N–H and O–H groups in total. The second-order valence-corrected chi connectivity index (χ2v) is 5.04. The summed E-state index contributed by atoms with van der Waals surface area (Å²) in [7, 11) is 1.79. The first kappa shape index (κ1) is 12.4. The van der Waals surface area contributed by atoms with Crippen LogP contribution < -0.4 is 5.32 Å². The van der Waals surface area contributed by atoms with Gasteiger partial charge in [0.05, 0.1) is 0 Å². The van der Waals surface area contributed by atoms with Crippen molar-refractivity contribution in [1.82, 2.24) is 10.2 Å². The Morgan fingerprint density at radius 3 is 2.82 bits per heavy atom. The van der Waals surface area contributed by atoms with Crippen LogP contribution in [-0.2, 0) is 9.59 Å². The second kappa shape index (κ2) is 5.04. The van der Waals surface area contributed by atoms with Gasteiger partial charge in [0.25, 0.3) is 0 Å². The number of amides is 1. The van der Waals surface area contributed by atoms with Gasteiger partial charge in [0, 0.05) is 19.5 Å². The minimum atomic E-state index is -0.836. The van der Waals surface area contributed by atoms with Gasteiger partial charge in [0.2, 0.25) is 5.91 Å². The fourth-order valence-corrected chi connectivity index (χ4v) is 3.25. The lowest BCUT2D eigenvalue weighted by molar-refractivity contribution is -0.149. The third-order valence-corrected chi connectivity index (χ3v) is 4.05. The van der Waals surface area contributed by atoms with Crippen molar-refractivity contribution in [3.05, 3.63) is 0 Å². The molecule has 1 heterocycles. The Morgan fingerprint density at radius 1 is 1.41 bits per heavy atom. The summed E-state index contributed by atoms with van der Waals surface area (Å²) in [5.41, 5.74) is 0. The van der Waals surface area contributed by atoms with Gasteiger partial charge in [-0.2, -0.15) is 0 Å². The van der Waals surface area contributed by atoms with Crippen molar-refractivity contribution in [3.63, 3.8) is 0 Å². The summed E-state index contributed by atoms with van der Waals surface area (Å²) in [5.74, 6) is -0.265. The maximum atomic E-state index is 12.0.